The Balaban J connectivity index is 0.000000242. The first kappa shape index (κ1) is 65.3. The molecule has 2 amide bonds. The molecule has 6 fully saturated rings. The molecule has 2 spiro atoms. The normalized spacial score (nSPS) is 20.4. The fourth-order valence-corrected chi connectivity index (χ4v) is 12.5. The van der Waals surface area contributed by atoms with E-state index < -0.39 is 66.6 Å². The molecule has 2 aromatic carbocycles. The molecule has 1 N–H and O–H groups in total. The van der Waals surface area contributed by atoms with Crippen LogP contribution in [0.2, 0.25) is 0 Å². The summed E-state index contributed by atoms with van der Waals surface area (Å²) in [5.41, 5.74) is 4.06. The van der Waals surface area contributed by atoms with Gasteiger partial charge < -0.3 is 38.9 Å². The number of carboxylic acids is 1. The Morgan fingerprint density at radius 3 is 1.20 bits per heavy atom. The van der Waals surface area contributed by atoms with Crippen molar-refractivity contribution in [1.82, 2.24) is 19.6 Å². The van der Waals surface area contributed by atoms with Gasteiger partial charge in [-0.2, -0.15) is 52.7 Å². The van der Waals surface area contributed by atoms with Crippen LogP contribution in [0, 0.1) is 36.5 Å². The van der Waals surface area contributed by atoms with Gasteiger partial charge in [0, 0.05) is 99.0 Å². The van der Waals surface area contributed by atoms with Crippen molar-refractivity contribution in [2.75, 3.05) is 75.2 Å². The van der Waals surface area contributed by atoms with E-state index in [0.29, 0.717) is 96.2 Å². The van der Waals surface area contributed by atoms with E-state index in [9.17, 15) is 77.0 Å². The summed E-state index contributed by atoms with van der Waals surface area (Å²) in [6.45, 7) is 10.5. The van der Waals surface area contributed by atoms with E-state index in [1.165, 1.54) is 0 Å². The molecule has 0 atom stereocenters. The average Bonchev–Trinajstić information content (AvgIpc) is 3.73. The van der Waals surface area contributed by atoms with Gasteiger partial charge in [0.2, 0.25) is 0 Å². The summed E-state index contributed by atoms with van der Waals surface area (Å²) >= 11 is 0. The molecule has 0 radical (unpaired) electrons. The van der Waals surface area contributed by atoms with Gasteiger partial charge >= 0.3 is 48.8 Å². The van der Waals surface area contributed by atoms with Crippen LogP contribution in [0.4, 0.5) is 73.6 Å². The third kappa shape index (κ3) is 16.0. The lowest BCUT2D eigenvalue weighted by Gasteiger charge is -2.45. The van der Waals surface area contributed by atoms with Crippen LogP contribution in [0.1, 0.15) is 120 Å². The molecule has 6 saturated heterocycles. The molecule has 6 aliphatic rings. The maximum Gasteiger partial charge on any atom is 0.434 e. The highest BCUT2D eigenvalue weighted by Crippen LogP contribution is 2.45. The van der Waals surface area contributed by atoms with Crippen molar-refractivity contribution >= 4 is 35.5 Å². The number of carbonyl (C=O) groups excluding carboxylic acids is 3. The number of hydrogen-bond acceptors (Lipinski definition) is 11. The topological polar surface area (TPSA) is 136 Å². The second-order valence-corrected chi connectivity index (χ2v) is 23.5. The van der Waals surface area contributed by atoms with E-state index >= 15 is 0 Å². The van der Waals surface area contributed by atoms with Gasteiger partial charge in [0.15, 0.2) is 0 Å². The molecule has 2 aromatic rings. The highest BCUT2D eigenvalue weighted by molar-refractivity contribution is 5.74. The number of likely N-dealkylation sites (tertiary alicyclic amines) is 4. The van der Waals surface area contributed by atoms with E-state index in [-0.39, 0.29) is 49.1 Å². The Labute approximate surface area is 480 Å². The maximum absolute atomic E-state index is 12.9. The number of esters is 1. The first-order valence-electron chi connectivity index (χ1n) is 28.0. The van der Waals surface area contributed by atoms with Gasteiger partial charge in [0.05, 0.1) is 11.8 Å². The van der Waals surface area contributed by atoms with Crippen LogP contribution in [0.5, 0.6) is 0 Å². The van der Waals surface area contributed by atoms with E-state index in [0.717, 1.165) is 76.6 Å². The Hall–Kier alpha value is -6.28. The summed E-state index contributed by atoms with van der Waals surface area (Å²) in [6, 6.07) is 11.5. The summed E-state index contributed by atoms with van der Waals surface area (Å²) in [6.07, 6.45) is -16.1. The number of carbonyl (C=O) groups is 4. The Kier molecular flexibility index (Phi) is 20.0. The molecule has 26 heteroatoms. The first-order valence-corrected chi connectivity index (χ1v) is 28.0. The number of benzene rings is 2. The molecule has 6 aliphatic heterocycles. The summed E-state index contributed by atoms with van der Waals surface area (Å²) in [7, 11) is 0. The van der Waals surface area contributed by atoms with Gasteiger partial charge in [-0.1, -0.05) is 24.0 Å². The molecule has 0 aromatic heterocycles. The summed E-state index contributed by atoms with van der Waals surface area (Å²) in [5, 5.41) is 9.35. The van der Waals surface area contributed by atoms with Crippen LogP contribution in [0.3, 0.4) is 0 Å². The fourth-order valence-electron chi connectivity index (χ4n) is 12.5. The molecule has 0 unspecified atom stereocenters. The van der Waals surface area contributed by atoms with E-state index in [4.69, 9.17) is 17.6 Å². The van der Waals surface area contributed by atoms with Crippen molar-refractivity contribution in [3.8, 4) is 24.7 Å². The standard InChI is InChI=1S/C31H39F6N3O4.C27H31F6N3O4/c1-5-21-7-8-23(24(19-21)38-15-9-22(10-16-38)25(41)44-28(2,3)4)20-40-14-6-11-29(40)12-17-39(18-13-29)27(42)43-26(30(32,33)34)31(35,36)37;1-2-18-4-5-20(21(16-18)34-12-6-19(7-13-34)22(37)38)17-36-11-3-8-25(36)9-14-35(15-10-25)24(39)40-23(26(28,29)30)27(31,32)33/h1,7-8,19,22,26H,6,9-18,20H2,2-4H3;1,4-5,16,19,23H,3,6-15,17H2,(H,37,38). The van der Waals surface area contributed by atoms with Gasteiger partial charge in [0.1, 0.15) is 5.60 Å². The van der Waals surface area contributed by atoms with Crippen LogP contribution >= 0.6 is 0 Å². The number of nitrogens with zero attached hydrogens (tertiary/aromatic N) is 6. The van der Waals surface area contributed by atoms with Crippen molar-refractivity contribution in [2.45, 2.75) is 165 Å². The number of piperidine rings is 4. The monoisotopic (exact) mass is 1210 g/mol. The molecule has 8 rings (SSSR count). The number of aliphatic carboxylic acids is 1. The lowest BCUT2D eigenvalue weighted by molar-refractivity contribution is -0.309. The van der Waals surface area contributed by atoms with Crippen molar-refractivity contribution in [1.29, 1.82) is 0 Å². The predicted octanol–water partition coefficient (Wildman–Crippen LogP) is 11.3. The molecule has 0 bridgehead atoms. The van der Waals surface area contributed by atoms with Crippen LogP contribution in [0.25, 0.3) is 0 Å². The number of ether oxygens (including phenoxy) is 3. The number of amides is 2. The number of hydrogen-bond donors (Lipinski definition) is 1. The lowest BCUT2D eigenvalue weighted by Crippen LogP contribution is -2.54. The van der Waals surface area contributed by atoms with Crippen LogP contribution in [-0.2, 0) is 36.9 Å². The first-order chi connectivity index (χ1) is 39.1. The molecule has 6 heterocycles. The lowest BCUT2D eigenvalue weighted by atomic mass is 9.84. The zero-order valence-electron chi connectivity index (χ0n) is 46.9. The second-order valence-electron chi connectivity index (χ2n) is 23.5. The molecule has 464 valence electrons. The highest BCUT2D eigenvalue weighted by Gasteiger charge is 2.62. The van der Waals surface area contributed by atoms with E-state index in [1.54, 1.807) is 0 Å². The zero-order valence-corrected chi connectivity index (χ0v) is 46.9. The fraction of sp³-hybridized carbons (Fsp3) is 0.655. The summed E-state index contributed by atoms with van der Waals surface area (Å²) < 4.78 is 168. The molecular formula is C58H70F12N6O8. The second kappa shape index (κ2) is 25.7. The van der Waals surface area contributed by atoms with Crippen molar-refractivity contribution < 1.29 is 91.2 Å². The third-order valence-electron chi connectivity index (χ3n) is 17.0. The molecule has 14 nitrogen and oxygen atoms in total. The summed E-state index contributed by atoms with van der Waals surface area (Å²) in [4.78, 5) is 59.3. The largest absolute Gasteiger partial charge is 0.481 e. The number of rotatable bonds is 10. The zero-order chi connectivity index (χ0) is 61.8. The minimum absolute atomic E-state index is 0.0150. The number of anilines is 2. The minimum atomic E-state index is -5.76. The van der Waals surface area contributed by atoms with Gasteiger partial charge in [-0.05, 0) is 146 Å². The number of carboxylic acid groups (broad SMARTS) is 1. The van der Waals surface area contributed by atoms with Crippen molar-refractivity contribution in [3.05, 3.63) is 58.7 Å². The molecule has 84 heavy (non-hydrogen) atoms. The Bertz CT molecular complexity index is 2710. The highest BCUT2D eigenvalue weighted by atomic mass is 19.4. The van der Waals surface area contributed by atoms with E-state index in [1.807, 2.05) is 57.2 Å². The van der Waals surface area contributed by atoms with Crippen LogP contribution in [-0.4, -0.2) is 168 Å². The number of terminal acetylenes is 2. The minimum Gasteiger partial charge on any atom is -0.481 e. The van der Waals surface area contributed by atoms with Crippen molar-refractivity contribution in [3.63, 3.8) is 0 Å². The Morgan fingerprint density at radius 2 is 0.893 bits per heavy atom. The smallest absolute Gasteiger partial charge is 0.434 e. The average molecular weight is 1210 g/mol. The van der Waals surface area contributed by atoms with Crippen LogP contribution in [0.15, 0.2) is 36.4 Å². The Morgan fingerprint density at radius 1 is 0.548 bits per heavy atom. The van der Waals surface area contributed by atoms with E-state index in [2.05, 4.69) is 40.9 Å². The SMILES string of the molecule is C#Cc1ccc(CN2CCCC23CCN(C(=O)OC(C(F)(F)F)C(F)(F)F)CC3)c(N2CCC(C(=O)O)CC2)c1.C#Cc1ccc(CN2CCCC23CCN(C(=O)OC(C(F)(F)F)C(F)(F)F)CC3)c(N2CCC(C(=O)OC(C)(C)C)CC2)c1. The summed E-state index contributed by atoms with van der Waals surface area (Å²) in [5.74, 6) is 3.73. The van der Waals surface area contributed by atoms with Gasteiger partial charge in [-0.25, -0.2) is 9.59 Å². The number of alkyl halides is 12. The van der Waals surface area contributed by atoms with Crippen molar-refractivity contribution in [2.24, 2.45) is 11.8 Å². The van der Waals surface area contributed by atoms with Gasteiger partial charge in [0.25, 0.3) is 12.2 Å². The third-order valence-corrected chi connectivity index (χ3v) is 17.0. The van der Waals surface area contributed by atoms with Crippen LogP contribution < -0.4 is 9.80 Å². The van der Waals surface area contributed by atoms with Gasteiger partial charge in [-0.15, -0.1) is 12.8 Å². The van der Waals surface area contributed by atoms with Gasteiger partial charge in [-0.3, -0.25) is 19.4 Å². The quantitative estimate of drug-likeness (QED) is 0.105. The number of halogens is 12. The maximum atomic E-state index is 12.9. The molecule has 0 saturated carbocycles. The molecule has 0 aliphatic carbocycles. The predicted molar refractivity (Wildman–Crippen MR) is 283 cm³/mol. The molecular weight excluding hydrogens is 1140 g/mol.